The molecule has 0 saturated heterocycles. The second-order valence-corrected chi connectivity index (χ2v) is 5.43. The normalized spacial score (nSPS) is 11.0. The maximum atomic E-state index is 4.03. The van der Waals surface area contributed by atoms with Gasteiger partial charge in [0.25, 0.3) is 0 Å². The second-order valence-electron chi connectivity index (χ2n) is 5.43. The molecule has 1 N–H and O–H groups in total. The molecule has 21 heavy (non-hydrogen) atoms. The topological polar surface area (TPSA) is 28.2 Å². The van der Waals surface area contributed by atoms with Gasteiger partial charge in [0.2, 0.25) is 0 Å². The van der Waals surface area contributed by atoms with Gasteiger partial charge < -0.3 is 10.2 Å². The van der Waals surface area contributed by atoms with E-state index < -0.39 is 0 Å². The lowest BCUT2D eigenvalue weighted by Crippen LogP contribution is -2.25. The quantitative estimate of drug-likeness (QED) is 0.717. The van der Waals surface area contributed by atoms with Crippen LogP contribution in [0.25, 0.3) is 0 Å². The zero-order valence-electron chi connectivity index (χ0n) is 12.8. The van der Waals surface area contributed by atoms with Crippen LogP contribution in [-0.4, -0.2) is 36.6 Å². The monoisotopic (exact) mass is 283 g/mol. The number of nitrogens with zero attached hydrogens (tertiary/aromatic N) is 2. The van der Waals surface area contributed by atoms with Gasteiger partial charge in [-0.05, 0) is 62.8 Å². The highest BCUT2D eigenvalue weighted by molar-refractivity contribution is 5.14. The van der Waals surface area contributed by atoms with E-state index in [-0.39, 0.29) is 0 Å². The lowest BCUT2D eigenvalue weighted by atomic mass is 10.2. The summed E-state index contributed by atoms with van der Waals surface area (Å²) >= 11 is 0. The van der Waals surface area contributed by atoms with Crippen molar-refractivity contribution < 1.29 is 0 Å². The lowest BCUT2D eigenvalue weighted by Gasteiger charge is -2.16. The third kappa shape index (κ3) is 6.52. The number of rotatable bonds is 9. The van der Waals surface area contributed by atoms with E-state index in [0.717, 1.165) is 32.6 Å². The fraction of sp³-hybridized carbons (Fsp3) is 0.389. The summed E-state index contributed by atoms with van der Waals surface area (Å²) in [5, 5.41) is 3.51. The third-order valence-electron chi connectivity index (χ3n) is 3.53. The van der Waals surface area contributed by atoms with Crippen molar-refractivity contribution in [2.75, 3.05) is 26.7 Å². The Bertz CT molecular complexity index is 484. The number of aromatic nitrogens is 1. The van der Waals surface area contributed by atoms with Crippen molar-refractivity contribution in [1.29, 1.82) is 0 Å². The minimum absolute atomic E-state index is 1.03. The van der Waals surface area contributed by atoms with Gasteiger partial charge in [-0.25, -0.2) is 0 Å². The van der Waals surface area contributed by atoms with E-state index in [1.807, 2.05) is 12.4 Å². The van der Waals surface area contributed by atoms with Gasteiger partial charge in [0.05, 0.1) is 0 Å². The fourth-order valence-electron chi connectivity index (χ4n) is 2.36. The minimum Gasteiger partial charge on any atom is -0.316 e. The van der Waals surface area contributed by atoms with E-state index in [1.54, 1.807) is 0 Å². The van der Waals surface area contributed by atoms with Crippen LogP contribution in [0.15, 0.2) is 54.9 Å². The Labute approximate surface area is 128 Å². The molecule has 0 spiro atoms. The van der Waals surface area contributed by atoms with Gasteiger partial charge in [-0.1, -0.05) is 30.3 Å². The first-order chi connectivity index (χ1) is 10.3. The zero-order chi connectivity index (χ0) is 14.8. The summed E-state index contributed by atoms with van der Waals surface area (Å²) in [6, 6.07) is 14.8. The number of nitrogens with one attached hydrogen (secondary N) is 1. The molecule has 0 unspecified atom stereocenters. The Hall–Kier alpha value is -1.71. The highest BCUT2D eigenvalue weighted by atomic mass is 15.1. The summed E-state index contributed by atoms with van der Waals surface area (Å²) in [6.45, 7) is 4.26. The molecule has 0 bridgehead atoms. The van der Waals surface area contributed by atoms with Crippen LogP contribution in [0, 0.1) is 0 Å². The molecule has 0 aliphatic heterocycles. The van der Waals surface area contributed by atoms with Gasteiger partial charge >= 0.3 is 0 Å². The van der Waals surface area contributed by atoms with Crippen molar-refractivity contribution in [3.63, 3.8) is 0 Å². The Morgan fingerprint density at radius 1 is 0.952 bits per heavy atom. The first kappa shape index (κ1) is 15.7. The molecule has 112 valence electrons. The minimum atomic E-state index is 1.03. The maximum Gasteiger partial charge on any atom is 0.0270 e. The molecule has 3 nitrogen and oxygen atoms in total. The SMILES string of the molecule is CN(CCCNCCc1ccncc1)Cc1ccccc1. The van der Waals surface area contributed by atoms with Crippen molar-refractivity contribution in [3.05, 3.63) is 66.0 Å². The largest absolute Gasteiger partial charge is 0.316 e. The molecule has 0 saturated carbocycles. The number of benzene rings is 1. The van der Waals surface area contributed by atoms with Crippen molar-refractivity contribution in [3.8, 4) is 0 Å². The molecule has 0 aliphatic carbocycles. The molecule has 1 aromatic heterocycles. The molecule has 0 fully saturated rings. The predicted molar refractivity (Wildman–Crippen MR) is 88.2 cm³/mol. The van der Waals surface area contributed by atoms with Gasteiger partial charge in [0, 0.05) is 18.9 Å². The lowest BCUT2D eigenvalue weighted by molar-refractivity contribution is 0.320. The van der Waals surface area contributed by atoms with Crippen LogP contribution in [0.1, 0.15) is 17.5 Å². The molecule has 0 atom stereocenters. The van der Waals surface area contributed by atoms with Crippen LogP contribution in [0.2, 0.25) is 0 Å². The molecule has 1 heterocycles. The van der Waals surface area contributed by atoms with Gasteiger partial charge in [-0.3, -0.25) is 4.98 Å². The van der Waals surface area contributed by atoms with Crippen molar-refractivity contribution in [1.82, 2.24) is 15.2 Å². The highest BCUT2D eigenvalue weighted by Gasteiger charge is 1.99. The van der Waals surface area contributed by atoms with Crippen molar-refractivity contribution >= 4 is 0 Å². The number of pyridine rings is 1. The molecule has 0 amide bonds. The van der Waals surface area contributed by atoms with Gasteiger partial charge in [0.1, 0.15) is 0 Å². The van der Waals surface area contributed by atoms with E-state index in [9.17, 15) is 0 Å². The van der Waals surface area contributed by atoms with E-state index in [1.165, 1.54) is 17.5 Å². The summed E-state index contributed by atoms with van der Waals surface area (Å²) in [5.74, 6) is 0. The first-order valence-electron chi connectivity index (χ1n) is 7.66. The first-order valence-corrected chi connectivity index (χ1v) is 7.66. The third-order valence-corrected chi connectivity index (χ3v) is 3.53. The van der Waals surface area contributed by atoms with Gasteiger partial charge in [-0.2, -0.15) is 0 Å². The summed E-state index contributed by atoms with van der Waals surface area (Å²) < 4.78 is 0. The summed E-state index contributed by atoms with van der Waals surface area (Å²) in [4.78, 5) is 6.41. The molecule has 3 heteroatoms. The Balaban J connectivity index is 1.51. The van der Waals surface area contributed by atoms with Gasteiger partial charge in [0.15, 0.2) is 0 Å². The Morgan fingerprint density at radius 2 is 1.71 bits per heavy atom. The molecule has 2 aromatic rings. The van der Waals surface area contributed by atoms with E-state index in [4.69, 9.17) is 0 Å². The average molecular weight is 283 g/mol. The summed E-state index contributed by atoms with van der Waals surface area (Å²) in [6.07, 6.45) is 5.96. The number of hydrogen-bond acceptors (Lipinski definition) is 3. The van der Waals surface area contributed by atoms with Gasteiger partial charge in [-0.15, -0.1) is 0 Å². The molecular weight excluding hydrogens is 258 g/mol. The molecule has 0 aliphatic rings. The fourth-order valence-corrected chi connectivity index (χ4v) is 2.36. The van der Waals surface area contributed by atoms with Crippen LogP contribution in [0.3, 0.4) is 0 Å². The maximum absolute atomic E-state index is 4.03. The molecular formula is C18H25N3. The van der Waals surface area contributed by atoms with Crippen LogP contribution in [-0.2, 0) is 13.0 Å². The zero-order valence-corrected chi connectivity index (χ0v) is 12.8. The summed E-state index contributed by atoms with van der Waals surface area (Å²) in [5.41, 5.74) is 2.73. The van der Waals surface area contributed by atoms with Crippen LogP contribution in [0.4, 0.5) is 0 Å². The molecule has 1 aromatic carbocycles. The predicted octanol–water partition coefficient (Wildman–Crippen LogP) is 2.74. The Morgan fingerprint density at radius 3 is 2.48 bits per heavy atom. The van der Waals surface area contributed by atoms with Crippen molar-refractivity contribution in [2.45, 2.75) is 19.4 Å². The number of hydrogen-bond donors (Lipinski definition) is 1. The average Bonchev–Trinajstić information content (AvgIpc) is 2.53. The van der Waals surface area contributed by atoms with E-state index >= 15 is 0 Å². The van der Waals surface area contributed by atoms with Crippen LogP contribution < -0.4 is 5.32 Å². The smallest absolute Gasteiger partial charge is 0.0270 e. The second kappa shape index (κ2) is 9.27. The van der Waals surface area contributed by atoms with Crippen LogP contribution >= 0.6 is 0 Å². The van der Waals surface area contributed by atoms with Crippen LogP contribution in [0.5, 0.6) is 0 Å². The Kier molecular flexibility index (Phi) is 6.92. The molecule has 0 radical (unpaired) electrons. The highest BCUT2D eigenvalue weighted by Crippen LogP contribution is 2.02. The molecule has 2 rings (SSSR count). The standard InChI is InChI=1S/C18H25N3/c1-21(16-18-6-3-2-4-7-18)15-5-11-19-12-8-17-9-13-20-14-10-17/h2-4,6-7,9-10,13-14,19H,5,8,11-12,15-16H2,1H3. The van der Waals surface area contributed by atoms with Crippen molar-refractivity contribution in [2.24, 2.45) is 0 Å². The van der Waals surface area contributed by atoms with E-state index in [0.29, 0.717) is 0 Å². The van der Waals surface area contributed by atoms with E-state index in [2.05, 4.69) is 64.7 Å². The summed E-state index contributed by atoms with van der Waals surface area (Å²) in [7, 11) is 2.18.